The van der Waals surface area contributed by atoms with Gasteiger partial charge in [-0.1, -0.05) is 18.5 Å². The van der Waals surface area contributed by atoms with Crippen LogP contribution >= 0.6 is 27.5 Å². The molecule has 0 radical (unpaired) electrons. The first-order chi connectivity index (χ1) is 8.09. The average molecular weight is 319 g/mol. The summed E-state index contributed by atoms with van der Waals surface area (Å²) in [6, 6.07) is 1.86. The number of aromatic nitrogens is 1. The number of hydrogen-bond acceptors (Lipinski definition) is 3. The van der Waals surface area contributed by atoms with Crippen LogP contribution in [0.15, 0.2) is 16.7 Å². The zero-order valence-corrected chi connectivity index (χ0v) is 12.2. The predicted octanol–water partition coefficient (Wildman–Crippen LogP) is 3.30. The number of halogens is 2. The Kier molecular flexibility index (Phi) is 4.28. The van der Waals surface area contributed by atoms with Gasteiger partial charge in [-0.15, -0.1) is 0 Å². The molecule has 0 spiro atoms. The molecule has 94 valence electrons. The van der Waals surface area contributed by atoms with Crippen LogP contribution in [-0.2, 0) is 0 Å². The lowest BCUT2D eigenvalue weighted by molar-refractivity contribution is 0.253. The van der Waals surface area contributed by atoms with Crippen molar-refractivity contribution in [1.29, 1.82) is 0 Å². The van der Waals surface area contributed by atoms with E-state index < -0.39 is 0 Å². The maximum atomic E-state index is 6.12. The number of rotatable bonds is 3. The highest BCUT2D eigenvalue weighted by molar-refractivity contribution is 9.10. The van der Waals surface area contributed by atoms with E-state index in [9.17, 15) is 0 Å². The lowest BCUT2D eigenvalue weighted by atomic mass is 9.83. The van der Waals surface area contributed by atoms with Crippen molar-refractivity contribution in [1.82, 2.24) is 10.3 Å². The third-order valence-electron chi connectivity index (χ3n) is 3.18. The molecule has 1 aliphatic rings. The Bertz CT molecular complexity index is 391. The fraction of sp³-hybridized carbons (Fsp3) is 0.583. The highest BCUT2D eigenvalue weighted by atomic mass is 79.9. The predicted molar refractivity (Wildman–Crippen MR) is 75.6 cm³/mol. The number of pyridine rings is 1. The standard InChI is InChI=1S/C12H17BrClN3/c1-12(3-2-4-15-7-12)8-17-11-10(14)5-9(13)6-16-11/h5-6,15H,2-4,7-8H2,1H3,(H,16,17). The van der Waals surface area contributed by atoms with Gasteiger partial charge in [-0.2, -0.15) is 0 Å². The van der Waals surface area contributed by atoms with Crippen molar-refractivity contribution in [3.63, 3.8) is 0 Å². The molecule has 0 amide bonds. The first kappa shape index (κ1) is 13.1. The van der Waals surface area contributed by atoms with Gasteiger partial charge in [0.15, 0.2) is 0 Å². The largest absolute Gasteiger partial charge is 0.368 e. The smallest absolute Gasteiger partial charge is 0.144 e. The third-order valence-corrected chi connectivity index (χ3v) is 3.90. The molecule has 2 heterocycles. The second kappa shape index (κ2) is 5.55. The van der Waals surface area contributed by atoms with E-state index in [1.54, 1.807) is 6.20 Å². The minimum absolute atomic E-state index is 0.288. The van der Waals surface area contributed by atoms with Gasteiger partial charge in [0, 0.05) is 23.8 Å². The summed E-state index contributed by atoms with van der Waals surface area (Å²) in [5.74, 6) is 0.765. The molecule has 1 aromatic rings. The Labute approximate surface area is 115 Å². The maximum Gasteiger partial charge on any atom is 0.144 e. The molecule has 5 heteroatoms. The van der Waals surface area contributed by atoms with Crippen LogP contribution in [0.4, 0.5) is 5.82 Å². The molecule has 1 saturated heterocycles. The van der Waals surface area contributed by atoms with E-state index in [0.717, 1.165) is 29.9 Å². The second-order valence-electron chi connectivity index (χ2n) is 4.93. The van der Waals surface area contributed by atoms with Crippen molar-refractivity contribution in [3.05, 3.63) is 21.8 Å². The Morgan fingerprint density at radius 3 is 3.12 bits per heavy atom. The fourth-order valence-electron chi connectivity index (χ4n) is 2.11. The Morgan fingerprint density at radius 1 is 1.65 bits per heavy atom. The molecule has 0 saturated carbocycles. The van der Waals surface area contributed by atoms with Crippen molar-refractivity contribution >= 4 is 33.3 Å². The monoisotopic (exact) mass is 317 g/mol. The minimum atomic E-state index is 0.288. The minimum Gasteiger partial charge on any atom is -0.368 e. The zero-order chi connectivity index (χ0) is 12.3. The van der Waals surface area contributed by atoms with Crippen molar-refractivity contribution in [2.45, 2.75) is 19.8 Å². The topological polar surface area (TPSA) is 37.0 Å². The van der Waals surface area contributed by atoms with Gasteiger partial charge < -0.3 is 10.6 Å². The van der Waals surface area contributed by atoms with E-state index >= 15 is 0 Å². The fourth-order valence-corrected chi connectivity index (χ4v) is 2.81. The summed E-state index contributed by atoms with van der Waals surface area (Å²) in [6.07, 6.45) is 4.23. The number of piperidine rings is 1. The number of nitrogens with one attached hydrogen (secondary N) is 2. The molecule has 0 bridgehead atoms. The second-order valence-corrected chi connectivity index (χ2v) is 6.25. The third kappa shape index (κ3) is 3.57. The lowest BCUT2D eigenvalue weighted by Crippen LogP contribution is -2.42. The Morgan fingerprint density at radius 2 is 2.47 bits per heavy atom. The summed E-state index contributed by atoms with van der Waals surface area (Å²) in [5, 5.41) is 7.44. The Hall–Kier alpha value is -0.320. The Balaban J connectivity index is 1.97. The van der Waals surface area contributed by atoms with Gasteiger partial charge in [-0.25, -0.2) is 4.98 Å². The molecule has 1 fully saturated rings. The summed E-state index contributed by atoms with van der Waals surface area (Å²) < 4.78 is 0.901. The first-order valence-corrected chi connectivity index (χ1v) is 7.02. The number of anilines is 1. The van der Waals surface area contributed by atoms with Crippen LogP contribution in [0.25, 0.3) is 0 Å². The van der Waals surface area contributed by atoms with E-state index in [1.807, 2.05) is 6.07 Å². The normalized spacial score (nSPS) is 24.6. The van der Waals surface area contributed by atoms with Crippen LogP contribution in [0.5, 0.6) is 0 Å². The van der Waals surface area contributed by atoms with Crippen LogP contribution in [-0.4, -0.2) is 24.6 Å². The summed E-state index contributed by atoms with van der Waals surface area (Å²) in [4.78, 5) is 4.28. The van der Waals surface area contributed by atoms with Gasteiger partial charge in [-0.3, -0.25) is 0 Å². The molecule has 17 heavy (non-hydrogen) atoms. The SMILES string of the molecule is CC1(CNc2ncc(Br)cc2Cl)CCCNC1. The van der Waals surface area contributed by atoms with E-state index in [-0.39, 0.29) is 5.41 Å². The molecule has 2 rings (SSSR count). The number of hydrogen-bond donors (Lipinski definition) is 2. The van der Waals surface area contributed by atoms with Gasteiger partial charge in [0.05, 0.1) is 5.02 Å². The van der Waals surface area contributed by atoms with E-state index in [1.165, 1.54) is 12.8 Å². The van der Waals surface area contributed by atoms with Gasteiger partial charge in [0.25, 0.3) is 0 Å². The van der Waals surface area contributed by atoms with Crippen molar-refractivity contribution in [2.24, 2.45) is 5.41 Å². The van der Waals surface area contributed by atoms with Gasteiger partial charge in [0.2, 0.25) is 0 Å². The van der Waals surface area contributed by atoms with E-state index in [2.05, 4.69) is 38.5 Å². The van der Waals surface area contributed by atoms with Gasteiger partial charge in [-0.05, 0) is 46.8 Å². The van der Waals surface area contributed by atoms with Crippen LogP contribution in [0.1, 0.15) is 19.8 Å². The van der Waals surface area contributed by atoms with Crippen LogP contribution in [0.2, 0.25) is 5.02 Å². The summed E-state index contributed by atoms with van der Waals surface area (Å²) >= 11 is 9.47. The molecule has 1 aliphatic heterocycles. The highest BCUT2D eigenvalue weighted by Crippen LogP contribution is 2.28. The summed E-state index contributed by atoms with van der Waals surface area (Å²) in [7, 11) is 0. The quantitative estimate of drug-likeness (QED) is 0.898. The van der Waals surface area contributed by atoms with Crippen LogP contribution in [0.3, 0.4) is 0 Å². The van der Waals surface area contributed by atoms with Gasteiger partial charge in [0.1, 0.15) is 5.82 Å². The molecule has 1 atom stereocenters. The van der Waals surface area contributed by atoms with Crippen LogP contribution < -0.4 is 10.6 Å². The highest BCUT2D eigenvalue weighted by Gasteiger charge is 2.26. The molecule has 3 nitrogen and oxygen atoms in total. The molecular weight excluding hydrogens is 302 g/mol. The summed E-state index contributed by atoms with van der Waals surface area (Å²) in [5.41, 5.74) is 0.288. The van der Waals surface area contributed by atoms with Crippen molar-refractivity contribution in [2.75, 3.05) is 25.0 Å². The summed E-state index contributed by atoms with van der Waals surface area (Å²) in [6.45, 7) is 5.37. The molecule has 0 aromatic carbocycles. The molecule has 2 N–H and O–H groups in total. The van der Waals surface area contributed by atoms with Crippen LogP contribution in [0, 0.1) is 5.41 Å². The molecular formula is C12H17BrClN3. The zero-order valence-electron chi connectivity index (χ0n) is 9.89. The van der Waals surface area contributed by atoms with Crippen molar-refractivity contribution in [3.8, 4) is 0 Å². The van der Waals surface area contributed by atoms with E-state index in [4.69, 9.17) is 11.6 Å². The van der Waals surface area contributed by atoms with Gasteiger partial charge >= 0.3 is 0 Å². The lowest BCUT2D eigenvalue weighted by Gasteiger charge is -2.34. The molecule has 1 unspecified atom stereocenters. The average Bonchev–Trinajstić information content (AvgIpc) is 2.29. The maximum absolute atomic E-state index is 6.12. The first-order valence-electron chi connectivity index (χ1n) is 5.85. The van der Waals surface area contributed by atoms with E-state index in [0.29, 0.717) is 5.02 Å². The van der Waals surface area contributed by atoms with Crippen molar-refractivity contribution < 1.29 is 0 Å². The molecule has 1 aromatic heterocycles. The number of nitrogens with zero attached hydrogens (tertiary/aromatic N) is 1. The molecule has 0 aliphatic carbocycles.